The Balaban J connectivity index is 1.37. The monoisotopic (exact) mass is 600 g/mol. The summed E-state index contributed by atoms with van der Waals surface area (Å²) in [6.07, 6.45) is 0.110. The van der Waals surface area contributed by atoms with Gasteiger partial charge >= 0.3 is 0 Å². The number of hydrogen-bond acceptors (Lipinski definition) is 3. The maximum absolute atomic E-state index is 14.5. The molecule has 3 amide bonds. The Hall–Kier alpha value is -3.64. The van der Waals surface area contributed by atoms with E-state index >= 15 is 0 Å². The normalized spacial score (nSPS) is 26.3. The number of benzene rings is 4. The topological polar surface area (TPSA) is 66.5 Å². The number of nitrogens with one attached hydrogen (secondary N) is 1. The Morgan fingerprint density at radius 3 is 1.63 bits per heavy atom. The van der Waals surface area contributed by atoms with Gasteiger partial charge < -0.3 is 5.32 Å². The van der Waals surface area contributed by atoms with Crippen molar-refractivity contribution in [3.8, 4) is 0 Å². The summed E-state index contributed by atoms with van der Waals surface area (Å²) in [6, 6.07) is 29.9. The van der Waals surface area contributed by atoms with Gasteiger partial charge in [-0.3, -0.25) is 19.3 Å². The van der Waals surface area contributed by atoms with Crippen LogP contribution in [-0.4, -0.2) is 28.7 Å². The third-order valence-corrected chi connectivity index (χ3v) is 10.3. The van der Waals surface area contributed by atoms with Crippen molar-refractivity contribution in [2.24, 2.45) is 11.8 Å². The zero-order valence-electron chi connectivity index (χ0n) is 21.6. The van der Waals surface area contributed by atoms with Crippen molar-refractivity contribution in [1.82, 2.24) is 4.90 Å². The van der Waals surface area contributed by atoms with E-state index in [4.69, 9.17) is 34.8 Å². The Morgan fingerprint density at radius 2 is 1.15 bits per heavy atom. The van der Waals surface area contributed by atoms with Gasteiger partial charge in [-0.05, 0) is 39.9 Å². The molecular weight excluding hydrogens is 579 g/mol. The highest BCUT2D eigenvalue weighted by atomic mass is 35.5. The standard InChI is InChI=1S/C33H23Cl3N2O3/c34-24-16-8-9-17-25(24)37-29(39)26(18-19-10-2-1-3-11-19)38-30(40)27-28(31(38)41)33(36)21-13-5-4-12-20(21)32(27,35)22-14-6-7-15-23(22)33/h1-17,26-28H,18H2,(H,37,39)/t26-,27-,28+,32?,33?/m0/s1. The van der Waals surface area contributed by atoms with Gasteiger partial charge in [-0.15, -0.1) is 23.2 Å². The molecule has 1 N–H and O–H groups in total. The molecule has 5 nitrogen and oxygen atoms in total. The largest absolute Gasteiger partial charge is 0.323 e. The number of para-hydroxylation sites is 1. The molecule has 0 radical (unpaired) electrons. The molecule has 1 fully saturated rings. The smallest absolute Gasteiger partial charge is 0.248 e. The average Bonchev–Trinajstić information content (AvgIpc) is 3.27. The number of likely N-dealkylation sites (tertiary alicyclic amines) is 1. The first-order valence-electron chi connectivity index (χ1n) is 13.3. The van der Waals surface area contributed by atoms with E-state index in [1.54, 1.807) is 24.3 Å². The molecule has 3 aliphatic carbocycles. The van der Waals surface area contributed by atoms with E-state index in [2.05, 4.69) is 5.32 Å². The summed E-state index contributed by atoms with van der Waals surface area (Å²) in [6.45, 7) is 0. The van der Waals surface area contributed by atoms with Crippen LogP contribution in [0.4, 0.5) is 5.69 Å². The van der Waals surface area contributed by atoms with Crippen LogP contribution in [0.25, 0.3) is 0 Å². The first-order valence-corrected chi connectivity index (χ1v) is 14.4. The molecule has 8 heteroatoms. The van der Waals surface area contributed by atoms with Crippen LogP contribution in [0.1, 0.15) is 27.8 Å². The number of amides is 3. The van der Waals surface area contributed by atoms with Crippen molar-refractivity contribution < 1.29 is 14.4 Å². The van der Waals surface area contributed by atoms with Crippen LogP contribution in [0.3, 0.4) is 0 Å². The van der Waals surface area contributed by atoms with E-state index in [0.29, 0.717) is 33.0 Å². The molecule has 4 aliphatic rings. The van der Waals surface area contributed by atoms with Crippen LogP contribution in [0.2, 0.25) is 5.02 Å². The minimum Gasteiger partial charge on any atom is -0.323 e. The lowest BCUT2D eigenvalue weighted by molar-refractivity contribution is -0.146. The van der Waals surface area contributed by atoms with E-state index in [-0.39, 0.29) is 6.42 Å². The zero-order valence-corrected chi connectivity index (χ0v) is 23.8. The molecule has 4 aromatic carbocycles. The maximum Gasteiger partial charge on any atom is 0.248 e. The van der Waals surface area contributed by atoms with E-state index in [9.17, 15) is 14.4 Å². The lowest BCUT2D eigenvalue weighted by Gasteiger charge is -2.54. The number of imide groups is 1. The third kappa shape index (κ3) is 3.59. The molecule has 0 saturated carbocycles. The minimum atomic E-state index is -1.33. The highest BCUT2D eigenvalue weighted by Gasteiger charge is 2.73. The Labute approximate surface area is 252 Å². The summed E-state index contributed by atoms with van der Waals surface area (Å²) in [5.74, 6) is -3.55. The van der Waals surface area contributed by atoms with Gasteiger partial charge in [0.15, 0.2) is 0 Å². The van der Waals surface area contributed by atoms with E-state index < -0.39 is 45.3 Å². The molecule has 1 saturated heterocycles. The molecule has 1 heterocycles. The molecule has 0 unspecified atom stereocenters. The number of carbonyl (C=O) groups excluding carboxylic acids is 3. The number of halogens is 3. The maximum atomic E-state index is 14.5. The highest BCUT2D eigenvalue weighted by molar-refractivity contribution is 6.36. The molecule has 1 aliphatic heterocycles. The Bertz CT molecular complexity index is 1620. The summed E-state index contributed by atoms with van der Waals surface area (Å²) in [7, 11) is 0. The van der Waals surface area contributed by atoms with Crippen molar-refractivity contribution in [1.29, 1.82) is 0 Å². The van der Waals surface area contributed by atoms with Crippen molar-refractivity contribution in [3.63, 3.8) is 0 Å². The van der Waals surface area contributed by atoms with Gasteiger partial charge in [0, 0.05) is 6.42 Å². The van der Waals surface area contributed by atoms with Crippen LogP contribution in [0.5, 0.6) is 0 Å². The van der Waals surface area contributed by atoms with Gasteiger partial charge in [0.1, 0.15) is 15.8 Å². The number of rotatable bonds is 5. The summed E-state index contributed by atoms with van der Waals surface area (Å²) in [5, 5.41) is 3.18. The quantitative estimate of drug-likeness (QED) is 0.210. The molecule has 4 aromatic rings. The average molecular weight is 602 g/mol. The second-order valence-corrected chi connectivity index (χ2v) is 12.3. The van der Waals surface area contributed by atoms with Gasteiger partial charge in [0.05, 0.1) is 22.5 Å². The number of anilines is 1. The van der Waals surface area contributed by atoms with Crippen molar-refractivity contribution in [3.05, 3.63) is 136 Å². The van der Waals surface area contributed by atoms with Crippen LogP contribution in [0.15, 0.2) is 103 Å². The van der Waals surface area contributed by atoms with E-state index in [1.165, 1.54) is 0 Å². The summed E-state index contributed by atoms with van der Waals surface area (Å²) in [5.41, 5.74) is 4.01. The fraction of sp³-hybridized carbons (Fsp3) is 0.182. The highest BCUT2D eigenvalue weighted by Crippen LogP contribution is 2.69. The number of carbonyl (C=O) groups is 3. The van der Waals surface area contributed by atoms with E-state index in [0.717, 1.165) is 10.5 Å². The first kappa shape index (κ1) is 26.3. The Morgan fingerprint density at radius 1 is 0.707 bits per heavy atom. The van der Waals surface area contributed by atoms with Crippen LogP contribution in [-0.2, 0) is 30.6 Å². The predicted octanol–water partition coefficient (Wildman–Crippen LogP) is 6.48. The Kier molecular flexibility index (Phi) is 6.06. The summed E-state index contributed by atoms with van der Waals surface area (Å²) in [4.78, 5) is 41.4. The number of hydrogen-bond donors (Lipinski definition) is 1. The molecule has 0 aromatic heterocycles. The second kappa shape index (κ2) is 9.45. The van der Waals surface area contributed by atoms with Gasteiger partial charge in [-0.2, -0.15) is 0 Å². The van der Waals surface area contributed by atoms with Crippen molar-refractivity contribution >= 4 is 58.2 Å². The lowest BCUT2D eigenvalue weighted by atomic mass is 9.54. The van der Waals surface area contributed by atoms with Gasteiger partial charge in [0.25, 0.3) is 0 Å². The van der Waals surface area contributed by atoms with Gasteiger partial charge in [0.2, 0.25) is 17.7 Å². The first-order chi connectivity index (χ1) is 19.8. The molecule has 204 valence electrons. The van der Waals surface area contributed by atoms with Crippen LogP contribution >= 0.6 is 34.8 Å². The molecular formula is C33H23Cl3N2O3. The zero-order chi connectivity index (χ0) is 28.5. The predicted molar refractivity (Wildman–Crippen MR) is 159 cm³/mol. The fourth-order valence-electron chi connectivity index (χ4n) is 6.91. The van der Waals surface area contributed by atoms with Crippen molar-refractivity contribution in [2.45, 2.75) is 22.2 Å². The molecule has 3 atom stereocenters. The van der Waals surface area contributed by atoms with Gasteiger partial charge in [-0.1, -0.05) is 103 Å². The SMILES string of the molecule is O=C(Nc1ccccc1Cl)[C@H](Cc1ccccc1)N1C(=O)[C@@H]2[C@H](C1=O)C1(Cl)c3ccccc3C2(Cl)c2ccccc21. The van der Waals surface area contributed by atoms with Gasteiger partial charge in [-0.25, -0.2) is 0 Å². The fourth-order valence-corrected chi connectivity index (χ4v) is 8.19. The third-order valence-electron chi connectivity index (χ3n) is 8.64. The molecule has 41 heavy (non-hydrogen) atoms. The molecule has 0 spiro atoms. The minimum absolute atomic E-state index is 0.110. The van der Waals surface area contributed by atoms with Crippen LogP contribution < -0.4 is 5.32 Å². The van der Waals surface area contributed by atoms with Crippen molar-refractivity contribution in [2.75, 3.05) is 5.32 Å². The second-order valence-electron chi connectivity index (χ2n) is 10.7. The lowest BCUT2D eigenvalue weighted by Crippen LogP contribution is -2.57. The van der Waals surface area contributed by atoms with Crippen LogP contribution in [0, 0.1) is 11.8 Å². The molecule has 2 bridgehead atoms. The summed E-state index contributed by atoms with van der Waals surface area (Å²) >= 11 is 21.5. The summed E-state index contributed by atoms with van der Waals surface area (Å²) < 4.78 is 0. The number of nitrogens with zero attached hydrogens (tertiary/aromatic N) is 1. The van der Waals surface area contributed by atoms with E-state index in [1.807, 2.05) is 78.9 Å². The number of alkyl halides is 2. The molecule has 8 rings (SSSR count).